The summed E-state index contributed by atoms with van der Waals surface area (Å²) in [6.07, 6.45) is 1.73. The van der Waals surface area contributed by atoms with E-state index in [-0.39, 0.29) is 0 Å². The van der Waals surface area contributed by atoms with Gasteiger partial charge in [0.15, 0.2) is 5.96 Å². The van der Waals surface area contributed by atoms with Gasteiger partial charge in [0.1, 0.15) is 12.4 Å². The maximum Gasteiger partial charge on any atom is 0.191 e. The second kappa shape index (κ2) is 10.4. The van der Waals surface area contributed by atoms with E-state index in [0.29, 0.717) is 32.9 Å². The van der Waals surface area contributed by atoms with Gasteiger partial charge in [-0.3, -0.25) is 10.1 Å². The standard InChI is InChI=1S/C18H27N5O2/c1-4-24-9-10-25-17-11-14(2)5-6-15(17)12-20-18(19-3)21-13-16-7-8-22-23-16/h5-8,11H,4,9-10,12-13H2,1-3H3,(H,22,23)(H2,19,20,21). The first-order valence-electron chi connectivity index (χ1n) is 8.45. The Labute approximate surface area is 148 Å². The number of aryl methyl sites for hydroxylation is 1. The smallest absolute Gasteiger partial charge is 0.191 e. The molecule has 0 bridgehead atoms. The van der Waals surface area contributed by atoms with E-state index in [2.05, 4.69) is 44.9 Å². The van der Waals surface area contributed by atoms with Crippen molar-refractivity contribution >= 4 is 5.96 Å². The number of ether oxygens (including phenoxy) is 2. The Kier molecular flexibility index (Phi) is 7.78. The molecule has 2 rings (SSSR count). The van der Waals surface area contributed by atoms with Gasteiger partial charge in [0.2, 0.25) is 0 Å². The van der Waals surface area contributed by atoms with E-state index in [1.165, 1.54) is 0 Å². The summed E-state index contributed by atoms with van der Waals surface area (Å²) >= 11 is 0. The molecular formula is C18H27N5O2. The number of hydrogen-bond donors (Lipinski definition) is 3. The van der Waals surface area contributed by atoms with E-state index in [1.54, 1.807) is 13.2 Å². The van der Waals surface area contributed by atoms with Crippen LogP contribution in [0.2, 0.25) is 0 Å². The molecule has 0 fully saturated rings. The van der Waals surface area contributed by atoms with Gasteiger partial charge in [0.25, 0.3) is 0 Å². The van der Waals surface area contributed by atoms with Gasteiger partial charge in [-0.1, -0.05) is 12.1 Å². The van der Waals surface area contributed by atoms with Crippen molar-refractivity contribution in [1.29, 1.82) is 0 Å². The number of aromatic amines is 1. The molecule has 7 nitrogen and oxygen atoms in total. The van der Waals surface area contributed by atoms with Crippen LogP contribution >= 0.6 is 0 Å². The molecule has 0 unspecified atom stereocenters. The Hall–Kier alpha value is -2.54. The molecule has 0 atom stereocenters. The van der Waals surface area contributed by atoms with Crippen LogP contribution in [0.25, 0.3) is 0 Å². The Bertz CT molecular complexity index is 655. The molecule has 0 spiro atoms. The molecule has 0 aliphatic heterocycles. The van der Waals surface area contributed by atoms with Crippen molar-refractivity contribution in [3.05, 3.63) is 47.3 Å². The first-order chi connectivity index (χ1) is 12.2. The van der Waals surface area contributed by atoms with Crippen LogP contribution in [-0.4, -0.2) is 43.0 Å². The zero-order valence-corrected chi connectivity index (χ0v) is 15.1. The Morgan fingerprint density at radius 2 is 2.04 bits per heavy atom. The fourth-order valence-corrected chi connectivity index (χ4v) is 2.26. The van der Waals surface area contributed by atoms with Crippen LogP contribution in [0.3, 0.4) is 0 Å². The largest absolute Gasteiger partial charge is 0.491 e. The third-order valence-corrected chi connectivity index (χ3v) is 3.59. The summed E-state index contributed by atoms with van der Waals surface area (Å²) in [5.41, 5.74) is 3.24. The molecule has 0 amide bonds. The summed E-state index contributed by atoms with van der Waals surface area (Å²) in [4.78, 5) is 4.24. The normalized spacial score (nSPS) is 11.4. The van der Waals surface area contributed by atoms with Gasteiger partial charge in [0.05, 0.1) is 18.8 Å². The van der Waals surface area contributed by atoms with E-state index >= 15 is 0 Å². The molecule has 25 heavy (non-hydrogen) atoms. The zero-order chi connectivity index (χ0) is 17.9. The van der Waals surface area contributed by atoms with Gasteiger partial charge >= 0.3 is 0 Å². The van der Waals surface area contributed by atoms with E-state index in [4.69, 9.17) is 9.47 Å². The highest BCUT2D eigenvalue weighted by molar-refractivity contribution is 5.79. The number of hydrogen-bond acceptors (Lipinski definition) is 4. The average molecular weight is 345 g/mol. The lowest BCUT2D eigenvalue weighted by molar-refractivity contribution is 0.110. The lowest BCUT2D eigenvalue weighted by Gasteiger charge is -2.15. The number of nitrogens with one attached hydrogen (secondary N) is 3. The monoisotopic (exact) mass is 345 g/mol. The Balaban J connectivity index is 1.89. The molecule has 0 radical (unpaired) electrons. The number of aliphatic imine (C=N–C) groups is 1. The fraction of sp³-hybridized carbons (Fsp3) is 0.444. The SMILES string of the molecule is CCOCCOc1cc(C)ccc1CNC(=NC)NCc1ccn[nH]1. The first-order valence-corrected chi connectivity index (χ1v) is 8.45. The number of benzene rings is 1. The molecule has 0 aliphatic carbocycles. The second-order valence-electron chi connectivity index (χ2n) is 5.52. The summed E-state index contributed by atoms with van der Waals surface area (Å²) in [6, 6.07) is 8.11. The second-order valence-corrected chi connectivity index (χ2v) is 5.52. The minimum absolute atomic E-state index is 0.539. The molecule has 136 valence electrons. The highest BCUT2D eigenvalue weighted by atomic mass is 16.5. The van der Waals surface area contributed by atoms with Crippen molar-refractivity contribution in [2.45, 2.75) is 26.9 Å². The summed E-state index contributed by atoms with van der Waals surface area (Å²) in [5, 5.41) is 13.4. The number of nitrogens with zero attached hydrogens (tertiary/aromatic N) is 2. The fourth-order valence-electron chi connectivity index (χ4n) is 2.26. The molecular weight excluding hydrogens is 318 g/mol. The Morgan fingerprint density at radius 3 is 2.76 bits per heavy atom. The van der Waals surface area contributed by atoms with E-state index in [1.807, 2.05) is 19.1 Å². The van der Waals surface area contributed by atoms with Gasteiger partial charge in [-0.25, -0.2) is 0 Å². The number of guanidine groups is 1. The number of rotatable bonds is 9. The van der Waals surface area contributed by atoms with Crippen LogP contribution in [0.5, 0.6) is 5.75 Å². The summed E-state index contributed by atoms with van der Waals surface area (Å²) in [5.74, 6) is 1.59. The maximum atomic E-state index is 5.87. The van der Waals surface area contributed by atoms with Crippen molar-refractivity contribution in [1.82, 2.24) is 20.8 Å². The van der Waals surface area contributed by atoms with Crippen molar-refractivity contribution in [3.8, 4) is 5.75 Å². The van der Waals surface area contributed by atoms with Gasteiger partial charge in [-0.2, -0.15) is 5.10 Å². The van der Waals surface area contributed by atoms with Crippen molar-refractivity contribution in [2.24, 2.45) is 4.99 Å². The van der Waals surface area contributed by atoms with E-state index < -0.39 is 0 Å². The highest BCUT2D eigenvalue weighted by Gasteiger charge is 2.06. The summed E-state index contributed by atoms with van der Waals surface area (Å²) < 4.78 is 11.2. The quantitative estimate of drug-likeness (QED) is 0.368. The van der Waals surface area contributed by atoms with Gasteiger partial charge < -0.3 is 20.1 Å². The van der Waals surface area contributed by atoms with Crippen molar-refractivity contribution < 1.29 is 9.47 Å². The van der Waals surface area contributed by atoms with Gasteiger partial charge in [-0.05, 0) is 31.5 Å². The molecule has 0 saturated heterocycles. The van der Waals surface area contributed by atoms with Crippen LogP contribution in [0, 0.1) is 6.92 Å². The molecule has 1 aromatic heterocycles. The molecule has 0 saturated carbocycles. The van der Waals surface area contributed by atoms with Crippen molar-refractivity contribution in [2.75, 3.05) is 26.9 Å². The highest BCUT2D eigenvalue weighted by Crippen LogP contribution is 2.20. The van der Waals surface area contributed by atoms with E-state index in [9.17, 15) is 0 Å². The van der Waals surface area contributed by atoms with E-state index in [0.717, 1.165) is 28.5 Å². The van der Waals surface area contributed by atoms with Crippen LogP contribution in [0.4, 0.5) is 0 Å². The zero-order valence-electron chi connectivity index (χ0n) is 15.1. The summed E-state index contributed by atoms with van der Waals surface area (Å²) in [7, 11) is 1.75. The topological polar surface area (TPSA) is 83.6 Å². The van der Waals surface area contributed by atoms with Crippen LogP contribution in [0.15, 0.2) is 35.5 Å². The molecule has 3 N–H and O–H groups in total. The molecule has 2 aromatic rings. The van der Waals surface area contributed by atoms with Crippen molar-refractivity contribution in [3.63, 3.8) is 0 Å². The minimum atomic E-state index is 0.539. The third kappa shape index (κ3) is 6.46. The minimum Gasteiger partial charge on any atom is -0.491 e. The maximum absolute atomic E-state index is 5.87. The number of aromatic nitrogens is 2. The molecule has 0 aliphatic rings. The predicted octanol–water partition coefficient (Wildman–Crippen LogP) is 2.00. The van der Waals surface area contributed by atoms with Gasteiger partial charge in [-0.15, -0.1) is 0 Å². The third-order valence-electron chi connectivity index (χ3n) is 3.59. The van der Waals surface area contributed by atoms with Crippen LogP contribution in [-0.2, 0) is 17.8 Å². The Morgan fingerprint density at radius 1 is 1.20 bits per heavy atom. The molecule has 1 heterocycles. The summed E-state index contributed by atoms with van der Waals surface area (Å²) in [6.45, 7) is 7.10. The van der Waals surface area contributed by atoms with Crippen LogP contribution < -0.4 is 15.4 Å². The lowest BCUT2D eigenvalue weighted by Crippen LogP contribution is -2.36. The van der Waals surface area contributed by atoms with Crippen LogP contribution in [0.1, 0.15) is 23.7 Å². The number of H-pyrrole nitrogens is 1. The lowest BCUT2D eigenvalue weighted by atomic mass is 10.1. The average Bonchev–Trinajstić information content (AvgIpc) is 3.14. The predicted molar refractivity (Wildman–Crippen MR) is 98.8 cm³/mol. The first kappa shape index (κ1) is 18.8. The molecule has 7 heteroatoms. The van der Waals surface area contributed by atoms with Gasteiger partial charge in [0, 0.05) is 32.0 Å². The molecule has 1 aromatic carbocycles.